The maximum Gasteiger partial charge on any atom is 0.0571 e. The summed E-state index contributed by atoms with van der Waals surface area (Å²) in [4.78, 5) is 1.92. The number of rotatable bonds is 3. The average molecular weight is 206 g/mol. The van der Waals surface area contributed by atoms with Gasteiger partial charge in [-0.1, -0.05) is 26.3 Å². The Morgan fingerprint density at radius 2 is 1.67 bits per heavy atom. The van der Waals surface area contributed by atoms with Crippen molar-refractivity contribution >= 4 is 0 Å². The van der Waals surface area contributed by atoms with E-state index in [1.165, 1.54) is 0 Å². The molecule has 0 bridgehead atoms. The molecule has 1 saturated heterocycles. The lowest BCUT2D eigenvalue weighted by Crippen LogP contribution is -2.36. The second-order valence-electron chi connectivity index (χ2n) is 3.76. The Hall–Kier alpha value is -1.48. The normalized spacial score (nSPS) is 19.2. The molecule has 1 fully saturated rings. The van der Waals surface area contributed by atoms with Crippen molar-refractivity contribution in [1.82, 2.24) is 10.2 Å². The van der Waals surface area contributed by atoms with Crippen molar-refractivity contribution in [3.8, 4) is 0 Å². The number of nitrogens with zero attached hydrogens (tertiary/aromatic N) is 1. The fourth-order valence-electron chi connectivity index (χ4n) is 1.40. The van der Waals surface area contributed by atoms with E-state index < -0.39 is 0 Å². The van der Waals surface area contributed by atoms with E-state index in [9.17, 15) is 5.11 Å². The highest BCUT2D eigenvalue weighted by Gasteiger charge is 2.22. The number of aliphatic hydroxyl groups excluding tert-OH is 1. The molecule has 0 aromatic carbocycles. The largest absolute Gasteiger partial charge is 0.393 e. The van der Waals surface area contributed by atoms with E-state index in [0.717, 1.165) is 22.8 Å². The smallest absolute Gasteiger partial charge is 0.0571 e. The third-order valence-corrected chi connectivity index (χ3v) is 2.42. The summed E-state index contributed by atoms with van der Waals surface area (Å²) < 4.78 is 0. The number of piperazine rings is 1. The first kappa shape index (κ1) is 11.6. The van der Waals surface area contributed by atoms with Gasteiger partial charge in [0, 0.05) is 6.54 Å². The van der Waals surface area contributed by atoms with E-state index in [-0.39, 0.29) is 6.10 Å². The highest BCUT2D eigenvalue weighted by atomic mass is 16.3. The summed E-state index contributed by atoms with van der Waals surface area (Å²) in [5.41, 5.74) is 3.04. The summed E-state index contributed by atoms with van der Waals surface area (Å²) in [5, 5.41) is 12.2. The first-order chi connectivity index (χ1) is 6.93. The van der Waals surface area contributed by atoms with Gasteiger partial charge in [0.2, 0.25) is 0 Å². The fourth-order valence-corrected chi connectivity index (χ4v) is 1.40. The van der Waals surface area contributed by atoms with Gasteiger partial charge in [0.15, 0.2) is 0 Å². The van der Waals surface area contributed by atoms with Gasteiger partial charge in [-0.25, -0.2) is 0 Å². The van der Waals surface area contributed by atoms with E-state index >= 15 is 0 Å². The van der Waals surface area contributed by atoms with Gasteiger partial charge in [-0.05, 0) is 13.3 Å². The van der Waals surface area contributed by atoms with E-state index in [2.05, 4.69) is 31.6 Å². The zero-order chi connectivity index (χ0) is 11.6. The van der Waals surface area contributed by atoms with Gasteiger partial charge in [0.05, 0.1) is 28.9 Å². The Morgan fingerprint density at radius 1 is 1.20 bits per heavy atom. The third kappa shape index (κ3) is 2.50. The molecule has 0 aromatic heterocycles. The Balaban J connectivity index is 2.74. The van der Waals surface area contributed by atoms with Crippen LogP contribution in [0.25, 0.3) is 0 Å². The molecular formula is C12H18N2O. The topological polar surface area (TPSA) is 35.5 Å². The summed E-state index contributed by atoms with van der Waals surface area (Å²) >= 11 is 0. The zero-order valence-corrected chi connectivity index (χ0v) is 9.21. The molecular weight excluding hydrogens is 188 g/mol. The molecule has 0 amide bonds. The second kappa shape index (κ2) is 4.36. The van der Waals surface area contributed by atoms with Crippen LogP contribution in [0.1, 0.15) is 13.3 Å². The van der Waals surface area contributed by atoms with E-state index in [1.54, 1.807) is 6.92 Å². The Bertz CT molecular complexity index is 303. The van der Waals surface area contributed by atoms with Crippen LogP contribution in [0.3, 0.4) is 0 Å². The van der Waals surface area contributed by atoms with Gasteiger partial charge in [-0.2, -0.15) is 0 Å². The first-order valence-electron chi connectivity index (χ1n) is 4.92. The molecule has 15 heavy (non-hydrogen) atoms. The van der Waals surface area contributed by atoms with Crippen molar-refractivity contribution in [2.75, 3.05) is 6.54 Å². The minimum absolute atomic E-state index is 0.331. The number of aliphatic hydroxyl groups is 1. The van der Waals surface area contributed by atoms with Crippen molar-refractivity contribution in [3.63, 3.8) is 0 Å². The van der Waals surface area contributed by atoms with Crippen LogP contribution in [0.2, 0.25) is 0 Å². The molecule has 0 aromatic rings. The molecule has 0 aliphatic carbocycles. The fraction of sp³-hybridized carbons (Fsp3) is 0.333. The number of hydrogen-bond donors (Lipinski definition) is 2. The van der Waals surface area contributed by atoms with Gasteiger partial charge >= 0.3 is 0 Å². The maximum atomic E-state index is 9.24. The average Bonchev–Trinajstić information content (AvgIpc) is 2.14. The van der Waals surface area contributed by atoms with Gasteiger partial charge in [0.25, 0.3) is 0 Å². The molecule has 1 aliphatic heterocycles. The van der Waals surface area contributed by atoms with E-state index in [1.807, 2.05) is 4.90 Å². The van der Waals surface area contributed by atoms with Crippen LogP contribution in [0.15, 0.2) is 49.1 Å². The van der Waals surface area contributed by atoms with Crippen molar-refractivity contribution in [1.29, 1.82) is 0 Å². The molecule has 3 nitrogen and oxygen atoms in total. The number of hydrogen-bond acceptors (Lipinski definition) is 3. The van der Waals surface area contributed by atoms with Crippen LogP contribution in [0.4, 0.5) is 0 Å². The van der Waals surface area contributed by atoms with Crippen molar-refractivity contribution < 1.29 is 5.11 Å². The predicted molar refractivity (Wildman–Crippen MR) is 62.7 cm³/mol. The molecule has 1 rings (SSSR count). The molecule has 3 heteroatoms. The standard InChI is InChI=1S/C12H18N2O/c1-8(15)6-7-14-11(4)9(2)13-10(3)12(14)5/h8,13,15H,2-7H2,1H3. The van der Waals surface area contributed by atoms with Gasteiger partial charge in [-0.15, -0.1) is 0 Å². The lowest BCUT2D eigenvalue weighted by Gasteiger charge is -2.36. The molecule has 82 valence electrons. The summed E-state index contributed by atoms with van der Waals surface area (Å²) in [7, 11) is 0. The summed E-state index contributed by atoms with van der Waals surface area (Å²) in [6, 6.07) is 0. The molecule has 1 aliphatic rings. The zero-order valence-electron chi connectivity index (χ0n) is 9.21. The van der Waals surface area contributed by atoms with Crippen LogP contribution in [0.5, 0.6) is 0 Å². The Morgan fingerprint density at radius 3 is 2.07 bits per heavy atom. The van der Waals surface area contributed by atoms with Crippen LogP contribution >= 0.6 is 0 Å². The van der Waals surface area contributed by atoms with Crippen LogP contribution < -0.4 is 5.32 Å². The van der Waals surface area contributed by atoms with Crippen LogP contribution in [-0.2, 0) is 0 Å². The van der Waals surface area contributed by atoms with Gasteiger partial charge < -0.3 is 15.3 Å². The highest BCUT2D eigenvalue weighted by Crippen LogP contribution is 2.25. The van der Waals surface area contributed by atoms with E-state index in [0.29, 0.717) is 13.0 Å². The first-order valence-corrected chi connectivity index (χ1v) is 4.92. The monoisotopic (exact) mass is 206 g/mol. The number of nitrogens with one attached hydrogen (secondary N) is 1. The highest BCUT2D eigenvalue weighted by molar-refractivity contribution is 5.41. The molecule has 1 atom stereocenters. The molecule has 1 unspecified atom stereocenters. The SMILES string of the molecule is C=C1NC(=C)C(=C)N(CCC(C)O)C1=C. The Kier molecular flexibility index (Phi) is 3.37. The van der Waals surface area contributed by atoms with Gasteiger partial charge in [0.1, 0.15) is 0 Å². The molecule has 1 heterocycles. The summed E-state index contributed by atoms with van der Waals surface area (Å²) in [6.45, 7) is 18.0. The van der Waals surface area contributed by atoms with Crippen molar-refractivity contribution in [3.05, 3.63) is 49.1 Å². The predicted octanol–water partition coefficient (Wildman–Crippen LogP) is 1.72. The lowest BCUT2D eigenvalue weighted by atomic mass is 10.1. The van der Waals surface area contributed by atoms with E-state index in [4.69, 9.17) is 0 Å². The van der Waals surface area contributed by atoms with Gasteiger partial charge in [-0.3, -0.25) is 0 Å². The van der Waals surface area contributed by atoms with Crippen LogP contribution in [0, 0.1) is 0 Å². The Labute approximate surface area is 91.1 Å². The summed E-state index contributed by atoms with van der Waals surface area (Å²) in [5.74, 6) is 0. The third-order valence-electron chi connectivity index (χ3n) is 2.42. The quantitative estimate of drug-likeness (QED) is 0.738. The minimum Gasteiger partial charge on any atom is -0.393 e. The lowest BCUT2D eigenvalue weighted by molar-refractivity contribution is 0.172. The molecule has 2 N–H and O–H groups in total. The van der Waals surface area contributed by atoms with Crippen LogP contribution in [-0.4, -0.2) is 22.7 Å². The molecule has 0 spiro atoms. The minimum atomic E-state index is -0.331. The molecule has 0 saturated carbocycles. The summed E-state index contributed by atoms with van der Waals surface area (Å²) in [6.07, 6.45) is 0.334. The second-order valence-corrected chi connectivity index (χ2v) is 3.76. The van der Waals surface area contributed by atoms with Crippen molar-refractivity contribution in [2.45, 2.75) is 19.4 Å². The van der Waals surface area contributed by atoms with Crippen molar-refractivity contribution in [2.24, 2.45) is 0 Å². The molecule has 0 radical (unpaired) electrons. The maximum absolute atomic E-state index is 9.24.